The number of aryl methyl sites for hydroxylation is 1. The van der Waals surface area contributed by atoms with E-state index in [1.807, 2.05) is 13.8 Å². The summed E-state index contributed by atoms with van der Waals surface area (Å²) in [6, 6.07) is -0.366. The molecule has 0 fully saturated rings. The van der Waals surface area contributed by atoms with Crippen LogP contribution in [0.1, 0.15) is 25.6 Å². The highest BCUT2D eigenvalue weighted by atomic mass is 35.5. The first-order valence-corrected chi connectivity index (χ1v) is 5.90. The van der Waals surface area contributed by atoms with Crippen LogP contribution in [0.4, 0.5) is 0 Å². The lowest BCUT2D eigenvalue weighted by molar-refractivity contribution is -0.156. The summed E-state index contributed by atoms with van der Waals surface area (Å²) in [6.07, 6.45) is 1.07. The number of nitrogens with one attached hydrogen (secondary N) is 1. The fraction of sp³-hybridized carbons (Fsp3) is 0.700. The first-order valence-electron chi connectivity index (χ1n) is 5.52. The molecule has 98 valence electrons. The highest BCUT2D eigenvalue weighted by Gasteiger charge is 2.28. The predicted octanol–water partition coefficient (Wildman–Crippen LogP) is 0.977. The maximum Gasteiger partial charge on any atom is 0.179 e. The molecule has 1 rings (SSSR count). The van der Waals surface area contributed by atoms with Crippen molar-refractivity contribution in [1.29, 1.82) is 0 Å². The first kappa shape index (κ1) is 14.4. The van der Waals surface area contributed by atoms with Gasteiger partial charge >= 0.3 is 0 Å². The lowest BCUT2D eigenvalue weighted by Crippen LogP contribution is -2.40. The molecule has 1 aromatic rings. The molecule has 0 aromatic carbocycles. The van der Waals surface area contributed by atoms with Crippen LogP contribution >= 0.6 is 11.6 Å². The van der Waals surface area contributed by atoms with E-state index in [0.29, 0.717) is 18.2 Å². The fourth-order valence-corrected chi connectivity index (χ4v) is 1.91. The second kappa shape index (κ2) is 6.93. The van der Waals surface area contributed by atoms with Crippen LogP contribution in [0.2, 0.25) is 5.02 Å². The van der Waals surface area contributed by atoms with E-state index in [9.17, 15) is 0 Å². The summed E-state index contributed by atoms with van der Waals surface area (Å²) in [5.41, 5.74) is 3.40. The zero-order valence-electron chi connectivity index (χ0n) is 10.3. The Morgan fingerprint density at radius 2 is 2.06 bits per heavy atom. The van der Waals surface area contributed by atoms with Crippen LogP contribution in [-0.2, 0) is 16.5 Å². The quantitative estimate of drug-likeness (QED) is 0.435. The minimum Gasteiger partial charge on any atom is -0.351 e. The van der Waals surface area contributed by atoms with E-state index in [1.54, 1.807) is 17.9 Å². The Kier molecular flexibility index (Phi) is 5.87. The van der Waals surface area contributed by atoms with Gasteiger partial charge in [-0.05, 0) is 13.8 Å². The second-order valence-corrected chi connectivity index (χ2v) is 3.83. The van der Waals surface area contributed by atoms with Gasteiger partial charge in [0.25, 0.3) is 0 Å². The summed E-state index contributed by atoms with van der Waals surface area (Å²) in [6.45, 7) is 4.84. The Hall–Kier alpha value is -0.660. The maximum absolute atomic E-state index is 6.07. The normalized spacial score (nSPS) is 13.3. The summed E-state index contributed by atoms with van der Waals surface area (Å²) in [5.74, 6) is 5.55. The average Bonchev–Trinajstić information content (AvgIpc) is 2.62. The molecule has 1 unspecified atom stereocenters. The highest BCUT2D eigenvalue weighted by molar-refractivity contribution is 6.31. The number of hydrogen-bond acceptors (Lipinski definition) is 5. The van der Waals surface area contributed by atoms with Gasteiger partial charge < -0.3 is 9.47 Å². The smallest absolute Gasteiger partial charge is 0.179 e. The van der Waals surface area contributed by atoms with E-state index in [0.717, 1.165) is 5.69 Å². The van der Waals surface area contributed by atoms with Gasteiger partial charge in [0.15, 0.2) is 6.29 Å². The minimum atomic E-state index is -0.497. The molecular formula is C10H19ClN4O2. The van der Waals surface area contributed by atoms with Crippen molar-refractivity contribution in [2.75, 3.05) is 13.2 Å². The topological polar surface area (TPSA) is 74.3 Å². The first-order chi connectivity index (χ1) is 8.15. The monoisotopic (exact) mass is 262 g/mol. The number of nitrogens with zero attached hydrogens (tertiary/aromatic N) is 2. The van der Waals surface area contributed by atoms with Crippen molar-refractivity contribution in [2.24, 2.45) is 12.9 Å². The number of hydrazine groups is 1. The van der Waals surface area contributed by atoms with Gasteiger partial charge in [-0.15, -0.1) is 0 Å². The van der Waals surface area contributed by atoms with E-state index in [1.165, 1.54) is 0 Å². The van der Waals surface area contributed by atoms with Gasteiger partial charge in [0.2, 0.25) is 0 Å². The summed E-state index contributed by atoms with van der Waals surface area (Å²) in [4.78, 5) is 0. The zero-order chi connectivity index (χ0) is 12.8. The van der Waals surface area contributed by atoms with Gasteiger partial charge in [-0.2, -0.15) is 5.10 Å². The molecule has 1 aromatic heterocycles. The van der Waals surface area contributed by atoms with Gasteiger partial charge in [0.1, 0.15) is 6.04 Å². The SMILES string of the molecule is CCOC(OCC)C(NN)c1c(Cl)cnn1C. The largest absolute Gasteiger partial charge is 0.351 e. The summed E-state index contributed by atoms with van der Waals surface area (Å²) < 4.78 is 12.7. The van der Waals surface area contributed by atoms with Crippen LogP contribution in [0.5, 0.6) is 0 Å². The van der Waals surface area contributed by atoms with Gasteiger partial charge in [-0.25, -0.2) is 5.43 Å². The number of halogens is 1. The van der Waals surface area contributed by atoms with E-state index in [-0.39, 0.29) is 6.04 Å². The third-order valence-electron chi connectivity index (χ3n) is 2.35. The molecule has 0 radical (unpaired) electrons. The second-order valence-electron chi connectivity index (χ2n) is 3.42. The van der Waals surface area contributed by atoms with E-state index >= 15 is 0 Å². The third-order valence-corrected chi connectivity index (χ3v) is 2.64. The standard InChI is InChI=1S/C10H19ClN4O2/c1-4-16-10(17-5-2)8(14-12)9-7(11)6-13-15(9)3/h6,8,10,14H,4-5,12H2,1-3H3. The van der Waals surface area contributed by atoms with Crippen molar-refractivity contribution in [3.8, 4) is 0 Å². The van der Waals surface area contributed by atoms with E-state index < -0.39 is 6.29 Å². The van der Waals surface area contributed by atoms with Gasteiger partial charge in [0.05, 0.1) is 16.9 Å². The van der Waals surface area contributed by atoms with Crippen LogP contribution < -0.4 is 11.3 Å². The summed E-state index contributed by atoms with van der Waals surface area (Å²) in [7, 11) is 1.79. The highest BCUT2D eigenvalue weighted by Crippen LogP contribution is 2.26. The lowest BCUT2D eigenvalue weighted by Gasteiger charge is -2.26. The van der Waals surface area contributed by atoms with Crippen LogP contribution in [0.25, 0.3) is 0 Å². The Morgan fingerprint density at radius 3 is 2.41 bits per heavy atom. The third kappa shape index (κ3) is 3.40. The van der Waals surface area contributed by atoms with Crippen LogP contribution in [0.3, 0.4) is 0 Å². The van der Waals surface area contributed by atoms with Crippen molar-refractivity contribution in [3.63, 3.8) is 0 Å². The Balaban J connectivity index is 2.95. The Labute approximate surface area is 106 Å². The maximum atomic E-state index is 6.07. The number of aromatic nitrogens is 2. The number of ether oxygens (including phenoxy) is 2. The molecule has 0 aliphatic carbocycles. The molecule has 0 spiro atoms. The van der Waals surface area contributed by atoms with Crippen molar-refractivity contribution in [2.45, 2.75) is 26.2 Å². The fourth-order valence-electron chi connectivity index (χ4n) is 1.63. The summed E-state index contributed by atoms with van der Waals surface area (Å²) in [5, 5.41) is 4.59. The molecule has 1 atom stereocenters. The lowest BCUT2D eigenvalue weighted by atomic mass is 10.2. The van der Waals surface area contributed by atoms with E-state index in [2.05, 4.69) is 10.5 Å². The molecule has 0 saturated carbocycles. The molecule has 17 heavy (non-hydrogen) atoms. The summed E-state index contributed by atoms with van der Waals surface area (Å²) >= 11 is 6.07. The minimum absolute atomic E-state index is 0.366. The van der Waals surface area contributed by atoms with Gasteiger partial charge in [-0.3, -0.25) is 10.5 Å². The number of rotatable bonds is 7. The molecule has 0 aliphatic rings. The molecule has 0 bridgehead atoms. The van der Waals surface area contributed by atoms with Crippen LogP contribution in [0.15, 0.2) is 6.20 Å². The van der Waals surface area contributed by atoms with Crippen LogP contribution in [-0.4, -0.2) is 29.3 Å². The van der Waals surface area contributed by atoms with Crippen molar-refractivity contribution in [3.05, 3.63) is 16.9 Å². The van der Waals surface area contributed by atoms with Gasteiger partial charge in [0, 0.05) is 20.3 Å². The molecule has 1 heterocycles. The molecule has 6 nitrogen and oxygen atoms in total. The van der Waals surface area contributed by atoms with Gasteiger partial charge in [-0.1, -0.05) is 11.6 Å². The van der Waals surface area contributed by atoms with E-state index in [4.69, 9.17) is 26.9 Å². The number of hydrogen-bond donors (Lipinski definition) is 2. The van der Waals surface area contributed by atoms with Crippen LogP contribution in [0, 0.1) is 0 Å². The molecule has 0 saturated heterocycles. The molecule has 0 aliphatic heterocycles. The van der Waals surface area contributed by atoms with Crippen molar-refractivity contribution in [1.82, 2.24) is 15.2 Å². The average molecular weight is 263 g/mol. The predicted molar refractivity (Wildman–Crippen MR) is 65.3 cm³/mol. The zero-order valence-corrected chi connectivity index (χ0v) is 11.1. The Bertz CT molecular complexity index is 320. The van der Waals surface area contributed by atoms with Crippen molar-refractivity contribution < 1.29 is 9.47 Å². The molecule has 0 amide bonds. The van der Waals surface area contributed by atoms with Crippen molar-refractivity contribution >= 4 is 11.6 Å². The molecule has 3 N–H and O–H groups in total. The number of nitrogens with two attached hydrogens (primary N) is 1. The molecule has 7 heteroatoms. The Morgan fingerprint density at radius 1 is 1.47 bits per heavy atom. The molecular weight excluding hydrogens is 244 g/mol.